The van der Waals surface area contributed by atoms with Crippen LogP contribution in [0.1, 0.15) is 17.0 Å². The number of fused-ring (bicyclic) bond motifs is 1. The average Bonchev–Trinajstić information content (AvgIpc) is 3.11. The number of hydrogen-bond donors (Lipinski definition) is 1. The first-order valence-electron chi connectivity index (χ1n) is 9.23. The van der Waals surface area contributed by atoms with E-state index in [4.69, 9.17) is 17.0 Å². The second-order valence-corrected chi connectivity index (χ2v) is 6.82. The molecule has 0 aliphatic heterocycles. The Balaban J connectivity index is 1.58. The van der Waals surface area contributed by atoms with Gasteiger partial charge < -0.3 is 4.74 Å². The van der Waals surface area contributed by atoms with Crippen LogP contribution < -0.4 is 4.74 Å². The molecule has 144 valence electrons. The summed E-state index contributed by atoms with van der Waals surface area (Å²) in [5.74, 6) is 1.57. The lowest BCUT2D eigenvalue weighted by molar-refractivity contribution is 0.414. The normalized spacial score (nSPS) is 11.6. The second-order valence-electron chi connectivity index (χ2n) is 6.44. The molecule has 0 unspecified atom stereocenters. The summed E-state index contributed by atoms with van der Waals surface area (Å²) >= 11 is 5.35. The van der Waals surface area contributed by atoms with E-state index in [0.717, 1.165) is 17.1 Å². The predicted octanol–water partition coefficient (Wildman–Crippen LogP) is 5.24. The number of aromatic amines is 1. The third kappa shape index (κ3) is 4.17. The highest BCUT2D eigenvalue weighted by molar-refractivity contribution is 7.71. The number of nitrogens with one attached hydrogen (secondary N) is 1. The van der Waals surface area contributed by atoms with Crippen molar-refractivity contribution in [2.45, 2.75) is 6.42 Å². The zero-order valence-corrected chi connectivity index (χ0v) is 16.8. The maximum atomic E-state index is 5.36. The molecule has 0 fully saturated rings. The third-order valence-electron chi connectivity index (χ3n) is 4.63. The molecule has 0 spiro atoms. The van der Waals surface area contributed by atoms with E-state index in [1.54, 1.807) is 18.0 Å². The molecule has 4 rings (SSSR count). The molecule has 1 heterocycles. The van der Waals surface area contributed by atoms with Crippen LogP contribution in [0.15, 0.2) is 77.9 Å². The molecule has 3 aromatic carbocycles. The number of para-hydroxylation sites is 1. The molecule has 0 aliphatic rings. The standard InChI is InChI=1S/C23H20N4OS/c1-28-21-14-5-3-9-18(21)12-7-15-24-27-22(25-26-23(27)29)16-19-11-6-10-17-8-2-4-13-20(17)19/h2-15H,16H2,1H3,(H,26,29). The topological polar surface area (TPSA) is 55.2 Å². The Bertz CT molecular complexity index is 1250. The lowest BCUT2D eigenvalue weighted by Crippen LogP contribution is -2.00. The van der Waals surface area contributed by atoms with Gasteiger partial charge in [-0.05, 0) is 46.8 Å². The number of nitrogens with zero attached hydrogens (tertiary/aromatic N) is 3. The van der Waals surface area contributed by atoms with Gasteiger partial charge in [0, 0.05) is 18.2 Å². The number of ether oxygens (including phenoxy) is 1. The first-order valence-corrected chi connectivity index (χ1v) is 9.64. The minimum absolute atomic E-state index is 0.460. The van der Waals surface area contributed by atoms with E-state index in [0.29, 0.717) is 11.2 Å². The van der Waals surface area contributed by atoms with Crippen molar-refractivity contribution in [3.63, 3.8) is 0 Å². The molecule has 1 aromatic heterocycles. The van der Waals surface area contributed by atoms with Crippen molar-refractivity contribution < 1.29 is 4.74 Å². The van der Waals surface area contributed by atoms with Crippen LogP contribution in [-0.4, -0.2) is 28.2 Å². The highest BCUT2D eigenvalue weighted by atomic mass is 32.1. The number of methoxy groups -OCH3 is 1. The number of rotatable bonds is 6. The van der Waals surface area contributed by atoms with Crippen LogP contribution in [0.25, 0.3) is 16.8 Å². The van der Waals surface area contributed by atoms with Crippen molar-refractivity contribution >= 4 is 35.3 Å². The van der Waals surface area contributed by atoms with Crippen molar-refractivity contribution in [2.75, 3.05) is 7.11 Å². The highest BCUT2D eigenvalue weighted by Crippen LogP contribution is 2.21. The molecule has 0 atom stereocenters. The van der Waals surface area contributed by atoms with Gasteiger partial charge in [0.25, 0.3) is 0 Å². The van der Waals surface area contributed by atoms with Crippen LogP contribution in [0, 0.1) is 4.77 Å². The van der Waals surface area contributed by atoms with Crippen LogP contribution in [0.3, 0.4) is 0 Å². The summed E-state index contributed by atoms with van der Waals surface area (Å²) in [6.45, 7) is 0. The third-order valence-corrected chi connectivity index (χ3v) is 4.89. The van der Waals surface area contributed by atoms with Gasteiger partial charge in [-0.1, -0.05) is 60.7 Å². The molecule has 0 saturated heterocycles. The molecule has 5 nitrogen and oxygen atoms in total. The van der Waals surface area contributed by atoms with Gasteiger partial charge in [0.15, 0.2) is 5.82 Å². The Morgan fingerprint density at radius 2 is 1.86 bits per heavy atom. The van der Waals surface area contributed by atoms with Crippen molar-refractivity contribution in [3.8, 4) is 5.75 Å². The number of benzene rings is 3. The van der Waals surface area contributed by atoms with Crippen molar-refractivity contribution in [1.29, 1.82) is 0 Å². The fourth-order valence-electron chi connectivity index (χ4n) is 3.23. The van der Waals surface area contributed by atoms with Crippen molar-refractivity contribution in [1.82, 2.24) is 14.9 Å². The van der Waals surface area contributed by atoms with Gasteiger partial charge in [0.05, 0.1) is 7.11 Å². The summed E-state index contributed by atoms with van der Waals surface area (Å²) in [6.07, 6.45) is 6.12. The molecule has 0 aliphatic carbocycles. The lowest BCUT2D eigenvalue weighted by atomic mass is 10.0. The van der Waals surface area contributed by atoms with Gasteiger partial charge >= 0.3 is 0 Å². The minimum atomic E-state index is 0.460. The zero-order chi connectivity index (χ0) is 20.1. The molecular weight excluding hydrogens is 380 g/mol. The van der Waals surface area contributed by atoms with Crippen molar-refractivity contribution in [3.05, 3.63) is 94.5 Å². The number of H-pyrrole nitrogens is 1. The summed E-state index contributed by atoms with van der Waals surface area (Å²) in [6, 6.07) is 22.4. The van der Waals surface area contributed by atoms with Crippen LogP contribution in [0.4, 0.5) is 0 Å². The van der Waals surface area contributed by atoms with Gasteiger partial charge in [0.1, 0.15) is 5.75 Å². The highest BCUT2D eigenvalue weighted by Gasteiger charge is 2.08. The Morgan fingerprint density at radius 1 is 1.07 bits per heavy atom. The first kappa shape index (κ1) is 18.8. The zero-order valence-electron chi connectivity index (χ0n) is 15.9. The smallest absolute Gasteiger partial charge is 0.216 e. The van der Waals surface area contributed by atoms with E-state index < -0.39 is 0 Å². The SMILES string of the molecule is COc1ccccc1C=CC=Nn1c(Cc2cccc3ccccc23)n[nH]c1=S. The van der Waals surface area contributed by atoms with E-state index in [9.17, 15) is 0 Å². The van der Waals surface area contributed by atoms with Gasteiger partial charge in [-0.3, -0.25) is 5.10 Å². The summed E-state index contributed by atoms with van der Waals surface area (Å²) in [5.41, 5.74) is 2.16. The molecule has 1 N–H and O–H groups in total. The van der Waals surface area contributed by atoms with E-state index in [1.165, 1.54) is 16.3 Å². The molecule has 0 saturated carbocycles. The minimum Gasteiger partial charge on any atom is -0.496 e. The summed E-state index contributed by atoms with van der Waals surface area (Å²) < 4.78 is 7.47. The lowest BCUT2D eigenvalue weighted by Gasteiger charge is -2.06. The van der Waals surface area contributed by atoms with Gasteiger partial charge in [-0.25, -0.2) is 0 Å². The number of allylic oxidation sites excluding steroid dienone is 1. The Kier molecular flexibility index (Phi) is 5.63. The van der Waals surface area contributed by atoms with Crippen LogP contribution >= 0.6 is 12.2 Å². The van der Waals surface area contributed by atoms with Gasteiger partial charge in [0.2, 0.25) is 4.77 Å². The fraction of sp³-hybridized carbons (Fsp3) is 0.0870. The summed E-state index contributed by atoms with van der Waals surface area (Å²) in [7, 11) is 1.66. The maximum absolute atomic E-state index is 5.36. The monoisotopic (exact) mass is 400 g/mol. The molecule has 6 heteroatoms. The summed E-state index contributed by atoms with van der Waals surface area (Å²) in [4.78, 5) is 0. The van der Waals surface area contributed by atoms with Crippen LogP contribution in [0.5, 0.6) is 5.75 Å². The van der Waals surface area contributed by atoms with Gasteiger partial charge in [-0.2, -0.15) is 14.9 Å². The van der Waals surface area contributed by atoms with Crippen molar-refractivity contribution in [2.24, 2.45) is 5.10 Å². The number of aromatic nitrogens is 3. The average molecular weight is 401 g/mol. The quantitative estimate of drug-likeness (QED) is 0.356. The molecule has 4 aromatic rings. The largest absolute Gasteiger partial charge is 0.496 e. The van der Waals surface area contributed by atoms with E-state index >= 15 is 0 Å². The molecule has 0 radical (unpaired) electrons. The van der Waals surface area contributed by atoms with Crippen LogP contribution in [0.2, 0.25) is 0 Å². The Labute approximate surface area is 174 Å². The van der Waals surface area contributed by atoms with Crippen LogP contribution in [-0.2, 0) is 6.42 Å². The van der Waals surface area contributed by atoms with Gasteiger partial charge in [-0.15, -0.1) is 0 Å². The Morgan fingerprint density at radius 3 is 2.76 bits per heavy atom. The van der Waals surface area contributed by atoms with E-state index in [1.807, 2.05) is 48.6 Å². The maximum Gasteiger partial charge on any atom is 0.216 e. The number of hydrogen-bond acceptors (Lipinski definition) is 4. The predicted molar refractivity (Wildman–Crippen MR) is 120 cm³/mol. The second kappa shape index (κ2) is 8.67. The first-order chi connectivity index (χ1) is 14.3. The van der Waals surface area contributed by atoms with E-state index in [2.05, 4.69) is 45.6 Å². The van der Waals surface area contributed by atoms with E-state index in [-0.39, 0.29) is 0 Å². The molecule has 29 heavy (non-hydrogen) atoms. The Hall–Kier alpha value is -3.51. The molecule has 0 amide bonds. The molecular formula is C23H20N4OS. The molecule has 0 bridgehead atoms. The fourth-order valence-corrected chi connectivity index (χ4v) is 3.43. The summed E-state index contributed by atoms with van der Waals surface area (Å²) in [5, 5.41) is 14.1.